The number of nitrogens with zero attached hydrogens (tertiary/aromatic N) is 2. The van der Waals surface area contributed by atoms with Gasteiger partial charge in [-0.2, -0.15) is 0 Å². The first-order chi connectivity index (χ1) is 11.5. The molecule has 1 aliphatic rings. The number of allylic oxidation sites excluding steroid dienone is 4. The van der Waals surface area contributed by atoms with Gasteiger partial charge < -0.3 is 10.3 Å². The predicted octanol–water partition coefficient (Wildman–Crippen LogP) is 3.04. The molecule has 22 heavy (non-hydrogen) atoms. The summed E-state index contributed by atoms with van der Waals surface area (Å²) >= 11 is 0. The van der Waals surface area contributed by atoms with Crippen molar-refractivity contribution in [3.8, 4) is 0 Å². The van der Waals surface area contributed by atoms with Crippen LogP contribution in [0.25, 0.3) is 0 Å². The van der Waals surface area contributed by atoms with E-state index >= 15 is 0 Å². The Morgan fingerprint density at radius 3 is 3.05 bits per heavy atom. The molecular formula is C16H16N4O2. The van der Waals surface area contributed by atoms with Crippen LogP contribution < -0.4 is 5.32 Å². The van der Waals surface area contributed by atoms with Crippen LogP contribution in [0.15, 0.2) is 60.2 Å². The van der Waals surface area contributed by atoms with Gasteiger partial charge in [0.2, 0.25) is 0 Å². The van der Waals surface area contributed by atoms with E-state index < -0.39 is 10.8 Å². The third-order valence-corrected chi connectivity index (χ3v) is 3.33. The van der Waals surface area contributed by atoms with Gasteiger partial charge in [-0.25, -0.2) is 4.98 Å². The number of benzene rings is 1. The molecule has 2 aromatic rings. The van der Waals surface area contributed by atoms with E-state index in [1.54, 1.807) is 31.5 Å². The lowest BCUT2D eigenvalue weighted by Crippen LogP contribution is -2.19. The number of imidazole rings is 1. The monoisotopic (exact) mass is 298 g/mol. The van der Waals surface area contributed by atoms with E-state index in [0.29, 0.717) is 29.2 Å². The average molecular weight is 298 g/mol. The number of dihydropyridines is 1. The predicted molar refractivity (Wildman–Crippen MR) is 83.1 cm³/mol. The van der Waals surface area contributed by atoms with E-state index in [2.05, 4.69) is 15.3 Å². The van der Waals surface area contributed by atoms with Crippen molar-refractivity contribution in [3.63, 3.8) is 0 Å². The van der Waals surface area contributed by atoms with Crippen LogP contribution in [0.5, 0.6) is 0 Å². The maximum absolute atomic E-state index is 11.0. The fourth-order valence-corrected chi connectivity index (χ4v) is 2.37. The van der Waals surface area contributed by atoms with E-state index in [1.165, 1.54) is 12.1 Å². The van der Waals surface area contributed by atoms with Crippen LogP contribution in [0.4, 0.5) is 5.69 Å². The van der Waals surface area contributed by atoms with E-state index in [-0.39, 0.29) is 17.8 Å². The van der Waals surface area contributed by atoms with Gasteiger partial charge in [0.05, 0.1) is 7.66 Å². The van der Waals surface area contributed by atoms with Crippen molar-refractivity contribution in [2.75, 3.05) is 0 Å². The molecule has 0 saturated carbocycles. The zero-order valence-electron chi connectivity index (χ0n) is 14.0. The van der Waals surface area contributed by atoms with Gasteiger partial charge in [0.15, 0.2) is 0 Å². The molecule has 1 aliphatic heterocycles. The van der Waals surface area contributed by atoms with Gasteiger partial charge in [0.25, 0.3) is 5.69 Å². The summed E-state index contributed by atoms with van der Waals surface area (Å²) in [7, 11) is 0. The first-order valence-electron chi connectivity index (χ1n) is 7.84. The highest BCUT2D eigenvalue weighted by Gasteiger charge is 2.16. The summed E-state index contributed by atoms with van der Waals surface area (Å²) in [4.78, 5) is 17.7. The van der Waals surface area contributed by atoms with Crippen LogP contribution in [0, 0.1) is 10.1 Å². The minimum Gasteiger partial charge on any atom is -0.363 e. The highest BCUT2D eigenvalue weighted by atomic mass is 16.6. The number of H-pyrrole nitrogens is 1. The summed E-state index contributed by atoms with van der Waals surface area (Å²) in [6.07, 6.45) is 3.75. The summed E-state index contributed by atoms with van der Waals surface area (Å²) in [5, 5.41) is 14.1. The van der Waals surface area contributed by atoms with Crippen molar-refractivity contribution in [3.05, 3.63) is 81.7 Å². The molecule has 2 N–H and O–H groups in total. The van der Waals surface area contributed by atoms with Crippen molar-refractivity contribution < 1.29 is 7.66 Å². The molecular weight excluding hydrogens is 280 g/mol. The quantitative estimate of drug-likeness (QED) is 0.671. The second kappa shape index (κ2) is 5.85. The molecule has 0 fully saturated rings. The van der Waals surface area contributed by atoms with Crippen molar-refractivity contribution in [2.45, 2.75) is 19.3 Å². The lowest BCUT2D eigenvalue weighted by atomic mass is 9.93. The van der Waals surface area contributed by atoms with Crippen LogP contribution in [0.2, 0.25) is 0 Å². The van der Waals surface area contributed by atoms with Crippen LogP contribution in [-0.4, -0.2) is 14.9 Å². The van der Waals surface area contributed by atoms with Gasteiger partial charge in [-0.15, -0.1) is 0 Å². The Kier molecular flexibility index (Phi) is 3.12. The standard InChI is InChI=1S/C16H16N4O2/c1-11-7-13(12-3-2-4-15(9-12)20(21)22)8-14(19-11)10-16-17-5-6-18-16/h2-9,13,19H,10H2,1H3,(H,17,18)/i7D,8D. The molecule has 112 valence electrons. The highest BCUT2D eigenvalue weighted by Crippen LogP contribution is 2.28. The third kappa shape index (κ3) is 3.06. The van der Waals surface area contributed by atoms with Crippen LogP contribution in [0.1, 0.15) is 27.0 Å². The third-order valence-electron chi connectivity index (χ3n) is 3.33. The number of nitro benzene ring substituents is 1. The smallest absolute Gasteiger partial charge is 0.269 e. The van der Waals surface area contributed by atoms with Gasteiger partial charge >= 0.3 is 0 Å². The van der Waals surface area contributed by atoms with Crippen LogP contribution in [-0.2, 0) is 6.42 Å². The minimum atomic E-state index is -0.629. The zero-order chi connectivity index (χ0) is 17.3. The summed E-state index contributed by atoms with van der Waals surface area (Å²) in [6, 6.07) is 6.59. The van der Waals surface area contributed by atoms with Crippen molar-refractivity contribution in [1.29, 1.82) is 0 Å². The molecule has 0 bridgehead atoms. The van der Waals surface area contributed by atoms with Crippen LogP contribution in [0.3, 0.4) is 0 Å². The van der Waals surface area contributed by atoms with E-state index in [9.17, 15) is 10.1 Å². The number of nitro groups is 1. The Balaban J connectivity index is 2.02. The van der Waals surface area contributed by atoms with Crippen molar-refractivity contribution in [2.24, 2.45) is 0 Å². The number of nitrogens with one attached hydrogen (secondary N) is 2. The van der Waals surface area contributed by atoms with E-state index in [0.717, 1.165) is 0 Å². The molecule has 3 rings (SSSR count). The molecule has 0 spiro atoms. The molecule has 1 atom stereocenters. The molecule has 0 saturated heterocycles. The van der Waals surface area contributed by atoms with E-state index in [4.69, 9.17) is 2.74 Å². The van der Waals surface area contributed by atoms with Crippen molar-refractivity contribution in [1.82, 2.24) is 15.3 Å². The number of aromatic amines is 1. The van der Waals surface area contributed by atoms with Crippen molar-refractivity contribution >= 4 is 5.69 Å². The second-order valence-electron chi connectivity index (χ2n) is 5.01. The van der Waals surface area contributed by atoms with Gasteiger partial charge in [-0.1, -0.05) is 24.2 Å². The summed E-state index contributed by atoms with van der Waals surface area (Å²) in [6.45, 7) is 1.77. The largest absolute Gasteiger partial charge is 0.363 e. The number of aromatic nitrogens is 2. The molecule has 0 radical (unpaired) electrons. The lowest BCUT2D eigenvalue weighted by Gasteiger charge is -2.21. The fourth-order valence-electron chi connectivity index (χ4n) is 2.37. The normalized spacial score (nSPS) is 19.6. The van der Waals surface area contributed by atoms with Gasteiger partial charge in [0, 0.05) is 48.3 Å². The Bertz CT molecular complexity index is 844. The first kappa shape index (κ1) is 11.7. The Morgan fingerprint density at radius 2 is 2.32 bits per heavy atom. The topological polar surface area (TPSA) is 83.8 Å². The highest BCUT2D eigenvalue weighted by molar-refractivity contribution is 5.42. The average Bonchev–Trinajstić information content (AvgIpc) is 3.06. The van der Waals surface area contributed by atoms with Gasteiger partial charge in [0.1, 0.15) is 5.82 Å². The fraction of sp³-hybridized carbons (Fsp3) is 0.188. The maximum Gasteiger partial charge on any atom is 0.269 e. The molecule has 0 aliphatic carbocycles. The zero-order valence-corrected chi connectivity index (χ0v) is 12.0. The number of rotatable bonds is 4. The number of non-ortho nitro benzene ring substituents is 1. The second-order valence-corrected chi connectivity index (χ2v) is 5.01. The first-order valence-corrected chi connectivity index (χ1v) is 6.84. The van der Waals surface area contributed by atoms with Crippen LogP contribution >= 0.6 is 0 Å². The lowest BCUT2D eigenvalue weighted by molar-refractivity contribution is -0.384. The maximum atomic E-state index is 11.0. The Hall–Kier alpha value is -2.89. The molecule has 6 nitrogen and oxygen atoms in total. The summed E-state index contributed by atoms with van der Waals surface area (Å²) in [5.74, 6) is 0.0809. The molecule has 1 aromatic heterocycles. The number of hydrogen-bond acceptors (Lipinski definition) is 4. The molecule has 6 heteroatoms. The Morgan fingerprint density at radius 1 is 1.45 bits per heavy atom. The Labute approximate surface area is 130 Å². The minimum absolute atomic E-state index is 0.0446. The molecule has 0 amide bonds. The molecule has 1 unspecified atom stereocenters. The molecule has 1 aromatic carbocycles. The summed E-state index contributed by atoms with van der Waals surface area (Å²) in [5.41, 5.74) is 1.79. The van der Waals surface area contributed by atoms with Gasteiger partial charge in [-0.05, 0) is 12.5 Å². The van der Waals surface area contributed by atoms with E-state index in [1.807, 2.05) is 0 Å². The number of hydrogen-bond donors (Lipinski definition) is 2. The summed E-state index contributed by atoms with van der Waals surface area (Å²) < 4.78 is 16.8. The molecule has 2 heterocycles. The SMILES string of the molecule is [2H]C1=C(C)NC(Cc2ncc[nH]2)=C([2H])C1c1cccc([N+](=O)[O-])c1. The van der Waals surface area contributed by atoms with Gasteiger partial charge in [-0.3, -0.25) is 10.1 Å².